The fourth-order valence-corrected chi connectivity index (χ4v) is 3.03. The van der Waals surface area contributed by atoms with Crippen molar-refractivity contribution in [2.24, 2.45) is 10.9 Å². The van der Waals surface area contributed by atoms with Crippen molar-refractivity contribution in [2.45, 2.75) is 31.6 Å². The molecule has 2 rings (SSSR count). The predicted octanol–water partition coefficient (Wildman–Crippen LogP) is 2.61. The summed E-state index contributed by atoms with van der Waals surface area (Å²) in [5, 5.41) is 36.0. The van der Waals surface area contributed by atoms with Crippen molar-refractivity contribution >= 4 is 29.0 Å². The first-order valence-electron chi connectivity index (χ1n) is 10.1. The molecule has 1 atom stereocenters. The van der Waals surface area contributed by atoms with Gasteiger partial charge in [0.25, 0.3) is 5.69 Å². The summed E-state index contributed by atoms with van der Waals surface area (Å²) in [5.41, 5.74) is 5.93. The molecule has 0 saturated heterocycles. The van der Waals surface area contributed by atoms with Gasteiger partial charge >= 0.3 is 6.03 Å². The molecule has 5 N–H and O–H groups in total. The van der Waals surface area contributed by atoms with Gasteiger partial charge in [0.1, 0.15) is 5.92 Å². The number of nitro benzene ring substituents is 1. The van der Waals surface area contributed by atoms with E-state index >= 15 is 0 Å². The van der Waals surface area contributed by atoms with E-state index in [2.05, 4.69) is 21.9 Å². The van der Waals surface area contributed by atoms with Gasteiger partial charge in [0.2, 0.25) is 5.91 Å². The zero-order valence-corrected chi connectivity index (χ0v) is 18.0. The number of nitrogens with zero attached hydrogens (tertiary/aromatic N) is 4. The van der Waals surface area contributed by atoms with Crippen LogP contribution in [0.4, 0.5) is 16.2 Å². The molecule has 1 unspecified atom stereocenters. The smallest absolute Gasteiger partial charge is 0.326 e. The van der Waals surface area contributed by atoms with Gasteiger partial charge in [-0.05, 0) is 30.0 Å². The van der Waals surface area contributed by atoms with Crippen LogP contribution < -0.4 is 22.0 Å². The quantitative estimate of drug-likeness (QED) is 0.137. The lowest BCUT2D eigenvalue weighted by Gasteiger charge is -2.14. The molecule has 12 heteroatoms. The number of nitro groups is 1. The number of urea groups is 1. The number of carbonyl (C=O) groups excluding carboxylic acids is 2. The number of carbonyl (C=O) groups is 2. The number of anilines is 1. The highest BCUT2D eigenvalue weighted by Gasteiger charge is 2.19. The van der Waals surface area contributed by atoms with E-state index in [0.717, 1.165) is 5.56 Å². The SMILES string of the molecule is N#CCc1ccc(C(C#N)/C(CCCC(=O)Nc2cccc([N+](=O)[O-])c2)=N/NC(=O)NN)cc1. The maximum absolute atomic E-state index is 12.3. The van der Waals surface area contributed by atoms with Crippen LogP contribution in [0.25, 0.3) is 0 Å². The Balaban J connectivity index is 2.08. The summed E-state index contributed by atoms with van der Waals surface area (Å²) in [7, 11) is 0. The zero-order chi connectivity index (χ0) is 24.9. The summed E-state index contributed by atoms with van der Waals surface area (Å²) < 4.78 is 0. The average Bonchev–Trinajstić information content (AvgIpc) is 2.83. The van der Waals surface area contributed by atoms with E-state index in [1.165, 1.54) is 24.3 Å². The molecule has 0 saturated carbocycles. The molecule has 34 heavy (non-hydrogen) atoms. The highest BCUT2D eigenvalue weighted by Crippen LogP contribution is 2.22. The normalized spacial score (nSPS) is 11.4. The Hall–Kier alpha value is -4.81. The number of nitrogens with two attached hydrogens (primary N) is 1. The Labute approximate surface area is 195 Å². The molecule has 0 aliphatic heterocycles. The highest BCUT2D eigenvalue weighted by molar-refractivity contribution is 5.95. The molecule has 0 bridgehead atoms. The number of nitriles is 2. The first-order chi connectivity index (χ1) is 16.4. The molecule has 3 amide bonds. The van der Waals surface area contributed by atoms with Gasteiger partial charge in [-0.2, -0.15) is 15.6 Å². The van der Waals surface area contributed by atoms with E-state index in [0.29, 0.717) is 17.0 Å². The van der Waals surface area contributed by atoms with Crippen molar-refractivity contribution in [3.63, 3.8) is 0 Å². The number of benzene rings is 2. The van der Waals surface area contributed by atoms with E-state index in [4.69, 9.17) is 11.1 Å². The van der Waals surface area contributed by atoms with Crippen molar-refractivity contribution < 1.29 is 14.5 Å². The summed E-state index contributed by atoms with van der Waals surface area (Å²) in [6.45, 7) is 0. The molecule has 2 aromatic carbocycles. The van der Waals surface area contributed by atoms with Gasteiger partial charge in [-0.3, -0.25) is 20.3 Å². The van der Waals surface area contributed by atoms with Crippen molar-refractivity contribution in [1.29, 1.82) is 10.5 Å². The van der Waals surface area contributed by atoms with E-state index in [1.54, 1.807) is 24.3 Å². The monoisotopic (exact) mass is 462 g/mol. The molecule has 174 valence electrons. The number of hydrazone groups is 1. The molecule has 0 radical (unpaired) electrons. The molecule has 0 spiro atoms. The summed E-state index contributed by atoms with van der Waals surface area (Å²) in [4.78, 5) is 34.1. The molecule has 0 fully saturated rings. The van der Waals surface area contributed by atoms with Crippen molar-refractivity contribution in [3.05, 3.63) is 69.8 Å². The summed E-state index contributed by atoms with van der Waals surface area (Å²) in [6.07, 6.45) is 0.766. The lowest BCUT2D eigenvalue weighted by atomic mass is 9.91. The van der Waals surface area contributed by atoms with Gasteiger partial charge in [-0.25, -0.2) is 16.1 Å². The molecule has 0 aliphatic carbocycles. The van der Waals surface area contributed by atoms with Crippen LogP contribution in [-0.2, 0) is 11.2 Å². The molecule has 0 heterocycles. The van der Waals surface area contributed by atoms with Crippen LogP contribution in [0.3, 0.4) is 0 Å². The van der Waals surface area contributed by atoms with Crippen LogP contribution in [0.1, 0.15) is 36.3 Å². The first-order valence-corrected chi connectivity index (χ1v) is 10.1. The second-order valence-corrected chi connectivity index (χ2v) is 7.04. The maximum atomic E-state index is 12.3. The Morgan fingerprint density at radius 2 is 1.88 bits per heavy atom. The van der Waals surface area contributed by atoms with Gasteiger partial charge in [-0.1, -0.05) is 30.3 Å². The molecule has 0 aliphatic rings. The topological polar surface area (TPSA) is 199 Å². The van der Waals surface area contributed by atoms with Gasteiger partial charge in [0.15, 0.2) is 0 Å². The Bertz CT molecular complexity index is 1150. The Morgan fingerprint density at radius 1 is 1.15 bits per heavy atom. The summed E-state index contributed by atoms with van der Waals surface area (Å²) >= 11 is 0. The minimum atomic E-state index is -0.811. The second kappa shape index (κ2) is 12.9. The molecule has 0 aromatic heterocycles. The molecule has 12 nitrogen and oxygen atoms in total. The van der Waals surface area contributed by atoms with Gasteiger partial charge in [0.05, 0.1) is 29.2 Å². The number of nitrogens with one attached hydrogen (secondary N) is 3. The first kappa shape index (κ1) is 25.5. The fourth-order valence-electron chi connectivity index (χ4n) is 3.03. The van der Waals surface area contributed by atoms with Gasteiger partial charge in [0, 0.05) is 24.2 Å². The number of rotatable bonds is 10. The van der Waals surface area contributed by atoms with Crippen molar-refractivity contribution in [1.82, 2.24) is 10.9 Å². The lowest BCUT2D eigenvalue weighted by Crippen LogP contribution is -2.38. The summed E-state index contributed by atoms with van der Waals surface area (Å²) in [5.74, 6) is 3.86. The summed E-state index contributed by atoms with van der Waals surface area (Å²) in [6, 6.07) is 15.8. The van der Waals surface area contributed by atoms with Crippen LogP contribution in [0, 0.1) is 32.8 Å². The van der Waals surface area contributed by atoms with Crippen LogP contribution in [0.15, 0.2) is 53.6 Å². The third-order valence-electron chi connectivity index (χ3n) is 4.67. The lowest BCUT2D eigenvalue weighted by molar-refractivity contribution is -0.384. The van der Waals surface area contributed by atoms with E-state index in [1.807, 2.05) is 11.5 Å². The van der Waals surface area contributed by atoms with Crippen LogP contribution in [0.5, 0.6) is 0 Å². The third-order valence-corrected chi connectivity index (χ3v) is 4.67. The second-order valence-electron chi connectivity index (χ2n) is 7.04. The number of non-ortho nitro benzene ring substituents is 1. The molecule has 2 aromatic rings. The van der Waals surface area contributed by atoms with E-state index in [-0.39, 0.29) is 37.3 Å². The van der Waals surface area contributed by atoms with Crippen LogP contribution in [-0.4, -0.2) is 22.6 Å². The highest BCUT2D eigenvalue weighted by atomic mass is 16.6. The van der Waals surface area contributed by atoms with E-state index < -0.39 is 16.9 Å². The Kier molecular flexibility index (Phi) is 9.66. The largest absolute Gasteiger partial charge is 0.349 e. The average molecular weight is 462 g/mol. The van der Waals surface area contributed by atoms with Crippen LogP contribution in [0.2, 0.25) is 0 Å². The fraction of sp³-hybridized carbons (Fsp3) is 0.227. The number of amides is 3. The zero-order valence-electron chi connectivity index (χ0n) is 18.0. The van der Waals surface area contributed by atoms with Crippen molar-refractivity contribution in [3.8, 4) is 12.1 Å². The minimum absolute atomic E-state index is 0.0457. The predicted molar refractivity (Wildman–Crippen MR) is 123 cm³/mol. The van der Waals surface area contributed by atoms with Crippen LogP contribution >= 0.6 is 0 Å². The number of hydrazine groups is 1. The molecular weight excluding hydrogens is 440 g/mol. The Morgan fingerprint density at radius 3 is 2.50 bits per heavy atom. The number of hydrogen-bond acceptors (Lipinski definition) is 8. The van der Waals surface area contributed by atoms with Gasteiger partial charge in [-0.15, -0.1) is 0 Å². The standard InChI is InChI=1S/C22H22N8O4/c23-12-11-15-7-9-16(10-8-15)19(14-24)20(28-29-22(32)27-25)5-2-6-21(31)26-17-3-1-4-18(13-17)30(33)34/h1,3-4,7-10,13,19H,2,5-6,11,25H2,(H,26,31)(H2,27,29,32)/b28-20+. The van der Waals surface area contributed by atoms with Gasteiger partial charge < -0.3 is 5.32 Å². The maximum Gasteiger partial charge on any atom is 0.349 e. The minimum Gasteiger partial charge on any atom is -0.326 e. The molecular formula is C22H22N8O4. The van der Waals surface area contributed by atoms with Crippen molar-refractivity contribution in [2.75, 3.05) is 5.32 Å². The third kappa shape index (κ3) is 7.71. The number of hydrogen-bond donors (Lipinski definition) is 4. The van der Waals surface area contributed by atoms with E-state index in [9.17, 15) is 25.0 Å².